The lowest BCUT2D eigenvalue weighted by Gasteiger charge is -2.03. The van der Waals surface area contributed by atoms with Crippen LogP contribution in [0.1, 0.15) is 26.2 Å². The molecule has 2 aromatic heterocycles. The molecule has 0 fully saturated rings. The fourth-order valence-electron chi connectivity index (χ4n) is 1.75. The third-order valence-corrected chi connectivity index (χ3v) is 2.54. The van der Waals surface area contributed by atoms with Crippen molar-refractivity contribution in [3.63, 3.8) is 0 Å². The van der Waals surface area contributed by atoms with Crippen LogP contribution in [-0.4, -0.2) is 9.55 Å². The van der Waals surface area contributed by atoms with E-state index in [-0.39, 0.29) is 0 Å². The molecule has 0 saturated heterocycles. The van der Waals surface area contributed by atoms with Crippen LogP contribution < -0.4 is 0 Å². The van der Waals surface area contributed by atoms with E-state index in [4.69, 9.17) is 0 Å². The van der Waals surface area contributed by atoms with Crippen LogP contribution in [0.25, 0.3) is 11.0 Å². The van der Waals surface area contributed by atoms with Crippen molar-refractivity contribution in [2.75, 3.05) is 0 Å². The zero-order chi connectivity index (χ0) is 9.80. The Bertz CT molecular complexity index is 403. The van der Waals surface area contributed by atoms with Gasteiger partial charge in [0.1, 0.15) is 0 Å². The van der Waals surface area contributed by atoms with Crippen molar-refractivity contribution >= 4 is 11.0 Å². The highest BCUT2D eigenvalue weighted by atomic mass is 15.0. The molecule has 0 aromatic carbocycles. The highest BCUT2D eigenvalue weighted by Gasteiger charge is 1.99. The van der Waals surface area contributed by atoms with Crippen molar-refractivity contribution in [1.82, 2.24) is 9.55 Å². The number of fused-ring (bicyclic) bond motifs is 1. The normalized spacial score (nSPS) is 10.9. The number of pyridine rings is 1. The van der Waals surface area contributed by atoms with Gasteiger partial charge in [0.2, 0.25) is 0 Å². The molecule has 0 radical (unpaired) electrons. The summed E-state index contributed by atoms with van der Waals surface area (Å²) in [5.74, 6) is 0. The first kappa shape index (κ1) is 9.25. The molecule has 2 heteroatoms. The Labute approximate surface area is 84.6 Å². The average molecular weight is 188 g/mol. The molecular weight excluding hydrogens is 172 g/mol. The van der Waals surface area contributed by atoms with Crippen molar-refractivity contribution in [2.24, 2.45) is 0 Å². The van der Waals surface area contributed by atoms with Crippen LogP contribution in [0.4, 0.5) is 0 Å². The second-order valence-corrected chi connectivity index (χ2v) is 3.62. The van der Waals surface area contributed by atoms with Crippen molar-refractivity contribution < 1.29 is 0 Å². The number of nitrogens with zero attached hydrogens (tertiary/aromatic N) is 2. The van der Waals surface area contributed by atoms with Crippen molar-refractivity contribution in [2.45, 2.75) is 32.7 Å². The van der Waals surface area contributed by atoms with E-state index in [2.05, 4.69) is 34.8 Å². The first-order valence-corrected chi connectivity index (χ1v) is 5.31. The molecule has 2 aromatic rings. The number of unbranched alkanes of at least 4 members (excludes halogenated alkanes) is 2. The standard InChI is InChI=1S/C12H16N2/c1-2-3-4-9-14-10-7-11-12(14)6-5-8-13-11/h5-8,10H,2-4,9H2,1H3. The fourth-order valence-corrected chi connectivity index (χ4v) is 1.75. The van der Waals surface area contributed by atoms with E-state index in [0.717, 1.165) is 12.1 Å². The molecule has 2 rings (SSSR count). The summed E-state index contributed by atoms with van der Waals surface area (Å²) in [6.45, 7) is 3.35. The van der Waals surface area contributed by atoms with Gasteiger partial charge in [0, 0.05) is 18.9 Å². The van der Waals surface area contributed by atoms with Gasteiger partial charge in [-0.2, -0.15) is 0 Å². The number of aryl methyl sites for hydroxylation is 1. The molecule has 0 saturated carbocycles. The molecule has 0 aliphatic rings. The lowest BCUT2D eigenvalue weighted by atomic mass is 10.2. The summed E-state index contributed by atoms with van der Waals surface area (Å²) < 4.78 is 2.29. The first-order valence-electron chi connectivity index (χ1n) is 5.31. The van der Waals surface area contributed by atoms with Crippen LogP contribution >= 0.6 is 0 Å². The smallest absolute Gasteiger partial charge is 0.0880 e. The predicted molar refractivity (Wildman–Crippen MR) is 59.3 cm³/mol. The van der Waals surface area contributed by atoms with E-state index in [9.17, 15) is 0 Å². The first-order chi connectivity index (χ1) is 6.92. The third kappa shape index (κ3) is 1.79. The van der Waals surface area contributed by atoms with E-state index >= 15 is 0 Å². The van der Waals surface area contributed by atoms with E-state index in [1.807, 2.05) is 12.3 Å². The molecule has 0 amide bonds. The van der Waals surface area contributed by atoms with Crippen LogP contribution in [0.5, 0.6) is 0 Å². The Morgan fingerprint density at radius 3 is 3.07 bits per heavy atom. The van der Waals surface area contributed by atoms with Gasteiger partial charge in [-0.05, 0) is 24.6 Å². The molecule has 0 N–H and O–H groups in total. The Balaban J connectivity index is 2.17. The molecule has 74 valence electrons. The summed E-state index contributed by atoms with van der Waals surface area (Å²) in [6.07, 6.45) is 7.82. The maximum atomic E-state index is 4.31. The average Bonchev–Trinajstić information content (AvgIpc) is 2.63. The third-order valence-electron chi connectivity index (χ3n) is 2.54. The molecule has 14 heavy (non-hydrogen) atoms. The maximum Gasteiger partial charge on any atom is 0.0880 e. The highest BCUT2D eigenvalue weighted by molar-refractivity contribution is 5.75. The summed E-state index contributed by atoms with van der Waals surface area (Å²) in [5.41, 5.74) is 2.35. The molecule has 0 bridgehead atoms. The Morgan fingerprint density at radius 2 is 2.21 bits per heavy atom. The molecule has 2 nitrogen and oxygen atoms in total. The zero-order valence-electron chi connectivity index (χ0n) is 8.61. The van der Waals surface area contributed by atoms with Gasteiger partial charge in [-0.25, -0.2) is 0 Å². The lowest BCUT2D eigenvalue weighted by molar-refractivity contribution is 0.616. The molecule has 0 spiro atoms. The minimum atomic E-state index is 1.10. The molecule has 0 aliphatic carbocycles. The molecular formula is C12H16N2. The molecule has 2 heterocycles. The summed E-state index contributed by atoms with van der Waals surface area (Å²) in [4.78, 5) is 4.31. The van der Waals surface area contributed by atoms with Crippen LogP contribution in [0, 0.1) is 0 Å². The lowest BCUT2D eigenvalue weighted by Crippen LogP contribution is -1.95. The highest BCUT2D eigenvalue weighted by Crippen LogP contribution is 2.13. The van der Waals surface area contributed by atoms with E-state index < -0.39 is 0 Å². The predicted octanol–water partition coefficient (Wildman–Crippen LogP) is 3.23. The maximum absolute atomic E-state index is 4.31. The van der Waals surface area contributed by atoms with E-state index in [1.165, 1.54) is 24.8 Å². The topological polar surface area (TPSA) is 17.8 Å². The summed E-state index contributed by atoms with van der Waals surface area (Å²) in [6, 6.07) is 6.22. The van der Waals surface area contributed by atoms with Crippen LogP contribution in [-0.2, 0) is 6.54 Å². The number of hydrogen-bond donors (Lipinski definition) is 0. The van der Waals surface area contributed by atoms with Gasteiger partial charge in [-0.15, -0.1) is 0 Å². The van der Waals surface area contributed by atoms with Crippen LogP contribution in [0.15, 0.2) is 30.6 Å². The van der Waals surface area contributed by atoms with Gasteiger partial charge in [-0.3, -0.25) is 4.98 Å². The second kappa shape index (κ2) is 4.27. The molecule has 0 aliphatic heterocycles. The van der Waals surface area contributed by atoms with Crippen molar-refractivity contribution in [3.8, 4) is 0 Å². The monoisotopic (exact) mass is 188 g/mol. The van der Waals surface area contributed by atoms with Crippen LogP contribution in [0.3, 0.4) is 0 Å². The van der Waals surface area contributed by atoms with E-state index in [0.29, 0.717) is 0 Å². The van der Waals surface area contributed by atoms with Crippen molar-refractivity contribution in [3.05, 3.63) is 30.6 Å². The molecule has 0 atom stereocenters. The van der Waals surface area contributed by atoms with Gasteiger partial charge >= 0.3 is 0 Å². The quantitative estimate of drug-likeness (QED) is 0.673. The fraction of sp³-hybridized carbons (Fsp3) is 0.417. The number of aromatic nitrogens is 2. The van der Waals surface area contributed by atoms with Gasteiger partial charge < -0.3 is 4.57 Å². The van der Waals surface area contributed by atoms with Crippen molar-refractivity contribution in [1.29, 1.82) is 0 Å². The van der Waals surface area contributed by atoms with E-state index in [1.54, 1.807) is 0 Å². The summed E-state index contributed by atoms with van der Waals surface area (Å²) in [5, 5.41) is 0. The Hall–Kier alpha value is -1.31. The minimum absolute atomic E-state index is 1.10. The molecule has 0 unspecified atom stereocenters. The number of rotatable bonds is 4. The minimum Gasteiger partial charge on any atom is -0.346 e. The van der Waals surface area contributed by atoms with Gasteiger partial charge in [0.15, 0.2) is 0 Å². The van der Waals surface area contributed by atoms with Gasteiger partial charge in [-0.1, -0.05) is 19.8 Å². The summed E-state index contributed by atoms with van der Waals surface area (Å²) >= 11 is 0. The van der Waals surface area contributed by atoms with Gasteiger partial charge in [0.05, 0.1) is 11.0 Å². The largest absolute Gasteiger partial charge is 0.346 e. The summed E-state index contributed by atoms with van der Waals surface area (Å²) in [7, 11) is 0. The Morgan fingerprint density at radius 1 is 1.29 bits per heavy atom. The second-order valence-electron chi connectivity index (χ2n) is 3.62. The Kier molecular flexibility index (Phi) is 2.82. The van der Waals surface area contributed by atoms with Crippen LogP contribution in [0.2, 0.25) is 0 Å². The number of hydrogen-bond acceptors (Lipinski definition) is 1. The van der Waals surface area contributed by atoms with Gasteiger partial charge in [0.25, 0.3) is 0 Å². The SMILES string of the molecule is CCCCCn1ccc2ncccc21. The zero-order valence-corrected chi connectivity index (χ0v) is 8.61.